The third-order valence-corrected chi connectivity index (χ3v) is 2.36. The van der Waals surface area contributed by atoms with Crippen LogP contribution in [0.4, 0.5) is 0 Å². The minimum Gasteiger partial charge on any atom is -0.465 e. The highest BCUT2D eigenvalue weighted by atomic mass is 16.3. The number of hydrogen-bond acceptors (Lipinski definition) is 1. The molecule has 0 bridgehead atoms. The number of benzene rings is 1. The summed E-state index contributed by atoms with van der Waals surface area (Å²) in [6, 6.07) is 8.35. The third kappa shape index (κ3) is 1.24. The minimum absolute atomic E-state index is 0.457. The fourth-order valence-corrected chi connectivity index (χ4v) is 1.71. The maximum atomic E-state index is 5.73. The maximum Gasteiger partial charge on any atom is 0.114 e. The zero-order chi connectivity index (χ0) is 9.42. The van der Waals surface area contributed by atoms with E-state index in [1.165, 1.54) is 10.8 Å². The van der Waals surface area contributed by atoms with Crippen LogP contribution in [0.2, 0.25) is 0 Å². The fourth-order valence-electron chi connectivity index (χ4n) is 1.71. The van der Waals surface area contributed by atoms with E-state index >= 15 is 0 Å². The second kappa shape index (κ2) is 2.91. The highest BCUT2D eigenvalue weighted by Crippen LogP contribution is 2.30. The second-order valence-corrected chi connectivity index (χ2v) is 3.72. The molecule has 1 aromatic carbocycles. The van der Waals surface area contributed by atoms with Crippen LogP contribution in [-0.2, 0) is 0 Å². The van der Waals surface area contributed by atoms with Gasteiger partial charge in [-0.15, -0.1) is 0 Å². The first-order valence-corrected chi connectivity index (χ1v) is 4.68. The van der Waals surface area contributed by atoms with Crippen molar-refractivity contribution in [3.05, 3.63) is 35.8 Å². The van der Waals surface area contributed by atoms with Crippen LogP contribution in [-0.4, -0.2) is 0 Å². The van der Waals surface area contributed by atoms with E-state index in [1.54, 1.807) is 0 Å². The van der Waals surface area contributed by atoms with Gasteiger partial charge in [-0.3, -0.25) is 0 Å². The molecule has 1 nitrogen and oxygen atoms in total. The van der Waals surface area contributed by atoms with E-state index in [2.05, 4.69) is 38.1 Å². The van der Waals surface area contributed by atoms with Crippen molar-refractivity contribution < 1.29 is 4.42 Å². The second-order valence-electron chi connectivity index (χ2n) is 3.72. The number of hydrogen-bond donors (Lipinski definition) is 0. The molecular weight excluding hydrogens is 160 g/mol. The van der Waals surface area contributed by atoms with Gasteiger partial charge in [0.05, 0.1) is 0 Å². The summed E-state index contributed by atoms with van der Waals surface area (Å²) < 4.78 is 5.73. The molecule has 0 aliphatic heterocycles. The summed E-state index contributed by atoms with van der Waals surface area (Å²) in [7, 11) is 0. The van der Waals surface area contributed by atoms with Crippen molar-refractivity contribution in [3.63, 3.8) is 0 Å². The van der Waals surface area contributed by atoms with Gasteiger partial charge in [-0.2, -0.15) is 0 Å². The van der Waals surface area contributed by atoms with Crippen LogP contribution in [0.25, 0.3) is 10.8 Å². The smallest absolute Gasteiger partial charge is 0.114 e. The minimum atomic E-state index is 0.457. The van der Waals surface area contributed by atoms with E-state index in [-0.39, 0.29) is 0 Å². The summed E-state index contributed by atoms with van der Waals surface area (Å²) in [4.78, 5) is 0. The van der Waals surface area contributed by atoms with Crippen LogP contribution >= 0.6 is 0 Å². The van der Waals surface area contributed by atoms with Crippen LogP contribution in [0.1, 0.15) is 31.3 Å². The molecule has 0 N–H and O–H groups in total. The van der Waals surface area contributed by atoms with Crippen LogP contribution in [0.5, 0.6) is 0 Å². The summed E-state index contributed by atoms with van der Waals surface area (Å²) in [6.45, 7) is 6.34. The molecule has 0 amide bonds. The standard InChI is InChI=1S/C12H14O/c1-8(2)12-11-7-5-4-6-10(11)9(3)13-12/h4-8H,1-3H3. The first-order chi connectivity index (χ1) is 6.20. The molecule has 1 aromatic heterocycles. The number of fused-ring (bicyclic) bond motifs is 1. The predicted octanol–water partition coefficient (Wildman–Crippen LogP) is 3.86. The predicted molar refractivity (Wildman–Crippen MR) is 55.0 cm³/mol. The molecule has 0 aliphatic rings. The molecule has 0 unspecified atom stereocenters. The van der Waals surface area contributed by atoms with Gasteiger partial charge in [0.2, 0.25) is 0 Å². The molecule has 1 heterocycles. The van der Waals surface area contributed by atoms with E-state index in [0.29, 0.717) is 5.92 Å². The van der Waals surface area contributed by atoms with E-state index in [9.17, 15) is 0 Å². The third-order valence-electron chi connectivity index (χ3n) is 2.36. The van der Waals surface area contributed by atoms with Crippen molar-refractivity contribution in [3.8, 4) is 0 Å². The maximum absolute atomic E-state index is 5.73. The molecule has 0 radical (unpaired) electrons. The van der Waals surface area contributed by atoms with Gasteiger partial charge in [0.1, 0.15) is 11.5 Å². The largest absolute Gasteiger partial charge is 0.465 e. The first-order valence-electron chi connectivity index (χ1n) is 4.68. The Kier molecular flexibility index (Phi) is 1.87. The van der Waals surface area contributed by atoms with Crippen LogP contribution in [0.3, 0.4) is 0 Å². The molecule has 2 rings (SSSR count). The summed E-state index contributed by atoms with van der Waals surface area (Å²) >= 11 is 0. The van der Waals surface area contributed by atoms with Crippen molar-refractivity contribution in [1.82, 2.24) is 0 Å². The lowest BCUT2D eigenvalue weighted by atomic mass is 10.1. The van der Waals surface area contributed by atoms with Crippen molar-refractivity contribution in [2.75, 3.05) is 0 Å². The van der Waals surface area contributed by atoms with E-state index in [0.717, 1.165) is 11.5 Å². The van der Waals surface area contributed by atoms with Crippen molar-refractivity contribution in [2.45, 2.75) is 26.7 Å². The molecule has 0 aliphatic carbocycles. The lowest BCUT2D eigenvalue weighted by molar-refractivity contribution is 0.469. The van der Waals surface area contributed by atoms with Gasteiger partial charge in [0, 0.05) is 16.7 Å². The van der Waals surface area contributed by atoms with Gasteiger partial charge >= 0.3 is 0 Å². The monoisotopic (exact) mass is 174 g/mol. The molecule has 0 spiro atoms. The lowest BCUT2D eigenvalue weighted by Gasteiger charge is -1.99. The SMILES string of the molecule is Cc1oc(C(C)C)c2ccccc12. The molecule has 1 heteroatoms. The average Bonchev–Trinajstić information content (AvgIpc) is 2.45. The number of aryl methyl sites for hydroxylation is 1. The van der Waals surface area contributed by atoms with Crippen LogP contribution in [0.15, 0.2) is 28.7 Å². The first kappa shape index (κ1) is 8.36. The van der Waals surface area contributed by atoms with E-state index in [1.807, 2.05) is 6.92 Å². The number of rotatable bonds is 1. The van der Waals surface area contributed by atoms with Crippen molar-refractivity contribution in [1.29, 1.82) is 0 Å². The fraction of sp³-hybridized carbons (Fsp3) is 0.333. The summed E-state index contributed by atoms with van der Waals surface area (Å²) in [5.41, 5.74) is 0. The topological polar surface area (TPSA) is 13.1 Å². The Labute approximate surface area is 78.4 Å². The van der Waals surface area contributed by atoms with Gasteiger partial charge in [0.15, 0.2) is 0 Å². The van der Waals surface area contributed by atoms with Gasteiger partial charge in [-0.05, 0) is 6.92 Å². The Morgan fingerprint density at radius 3 is 2.31 bits per heavy atom. The Hall–Kier alpha value is -1.24. The van der Waals surface area contributed by atoms with Gasteiger partial charge in [-0.25, -0.2) is 0 Å². The van der Waals surface area contributed by atoms with Crippen LogP contribution in [0, 0.1) is 6.92 Å². The van der Waals surface area contributed by atoms with Gasteiger partial charge in [0.25, 0.3) is 0 Å². The van der Waals surface area contributed by atoms with Gasteiger partial charge < -0.3 is 4.42 Å². The summed E-state index contributed by atoms with van der Waals surface area (Å²) in [6.07, 6.45) is 0. The molecule has 68 valence electrons. The highest BCUT2D eigenvalue weighted by Gasteiger charge is 2.11. The molecule has 13 heavy (non-hydrogen) atoms. The molecule has 0 saturated carbocycles. The summed E-state index contributed by atoms with van der Waals surface area (Å²) in [5, 5.41) is 2.50. The normalized spacial score (nSPS) is 11.4. The zero-order valence-corrected chi connectivity index (χ0v) is 8.29. The number of furan rings is 1. The van der Waals surface area contributed by atoms with Gasteiger partial charge in [-0.1, -0.05) is 38.1 Å². The Balaban J connectivity index is 2.78. The molecular formula is C12H14O. The molecule has 0 fully saturated rings. The Morgan fingerprint density at radius 1 is 1.08 bits per heavy atom. The van der Waals surface area contributed by atoms with E-state index < -0.39 is 0 Å². The lowest BCUT2D eigenvalue weighted by Crippen LogP contribution is -1.82. The Bertz CT molecular complexity index is 424. The highest BCUT2D eigenvalue weighted by molar-refractivity contribution is 5.87. The van der Waals surface area contributed by atoms with Crippen LogP contribution < -0.4 is 0 Å². The quantitative estimate of drug-likeness (QED) is 0.639. The molecule has 0 atom stereocenters. The van der Waals surface area contributed by atoms with E-state index in [4.69, 9.17) is 4.42 Å². The molecule has 0 saturated heterocycles. The Morgan fingerprint density at radius 2 is 1.69 bits per heavy atom. The molecule has 2 aromatic rings. The zero-order valence-electron chi connectivity index (χ0n) is 8.29. The summed E-state index contributed by atoms with van der Waals surface area (Å²) in [5.74, 6) is 2.59. The van der Waals surface area contributed by atoms with Crippen molar-refractivity contribution in [2.24, 2.45) is 0 Å². The average molecular weight is 174 g/mol. The van der Waals surface area contributed by atoms with Crippen molar-refractivity contribution >= 4 is 10.8 Å².